The van der Waals surface area contributed by atoms with Crippen molar-refractivity contribution in [3.63, 3.8) is 0 Å². The van der Waals surface area contributed by atoms with Crippen molar-refractivity contribution in [3.8, 4) is 5.69 Å². The molecule has 1 aromatic heterocycles. The Morgan fingerprint density at radius 3 is 2.35 bits per heavy atom. The molecule has 0 aliphatic heterocycles. The van der Waals surface area contributed by atoms with Crippen LogP contribution < -0.4 is 4.57 Å². The van der Waals surface area contributed by atoms with Gasteiger partial charge in [0.1, 0.15) is 5.52 Å². The molecule has 23 heavy (non-hydrogen) atoms. The Hall–Kier alpha value is -2.45. The van der Waals surface area contributed by atoms with Crippen LogP contribution in [0.25, 0.3) is 27.8 Å². The van der Waals surface area contributed by atoms with Crippen LogP contribution in [0.3, 0.4) is 0 Å². The average molecular weight is 320 g/mol. The van der Waals surface area contributed by atoms with Crippen LogP contribution in [0.5, 0.6) is 0 Å². The number of halogens is 1. The van der Waals surface area contributed by atoms with Crippen molar-refractivity contribution in [3.05, 3.63) is 76.8 Å². The van der Waals surface area contributed by atoms with Crippen molar-refractivity contribution in [2.45, 2.75) is 13.8 Å². The van der Waals surface area contributed by atoms with E-state index in [1.54, 1.807) is 0 Å². The molecule has 0 aliphatic carbocycles. The van der Waals surface area contributed by atoms with Gasteiger partial charge in [0, 0.05) is 24.3 Å². The zero-order chi connectivity index (χ0) is 16.0. The first-order valence-electron chi connectivity index (χ1n) is 7.61. The van der Waals surface area contributed by atoms with Crippen molar-refractivity contribution in [1.29, 1.82) is 0 Å². The minimum Gasteiger partial charge on any atom is -0.233 e. The summed E-state index contributed by atoms with van der Waals surface area (Å²) in [7, 11) is 0. The summed E-state index contributed by atoms with van der Waals surface area (Å²) in [4.78, 5) is 4.79. The van der Waals surface area contributed by atoms with Gasteiger partial charge in [-0.1, -0.05) is 35.9 Å². The molecule has 0 radical (unpaired) electrons. The molecule has 0 bridgehead atoms. The van der Waals surface area contributed by atoms with E-state index in [2.05, 4.69) is 54.8 Å². The normalized spacial score (nSPS) is 11.3. The number of nitrogens with zero attached hydrogens (tertiary/aromatic N) is 2. The molecule has 4 aromatic rings. The molecule has 0 atom stereocenters. The Kier molecular flexibility index (Phi) is 3.28. The van der Waals surface area contributed by atoms with Gasteiger partial charge in [-0.15, -0.1) is 4.57 Å². The molecular weight excluding hydrogens is 304 g/mol. The Labute approximate surface area is 140 Å². The second-order valence-electron chi connectivity index (χ2n) is 5.89. The highest BCUT2D eigenvalue weighted by Gasteiger charge is 2.21. The van der Waals surface area contributed by atoms with Gasteiger partial charge < -0.3 is 0 Å². The monoisotopic (exact) mass is 319 g/mol. The van der Waals surface area contributed by atoms with Crippen LogP contribution in [0.2, 0.25) is 5.02 Å². The van der Waals surface area contributed by atoms with E-state index < -0.39 is 0 Å². The number of rotatable bonds is 1. The van der Waals surface area contributed by atoms with E-state index in [9.17, 15) is 0 Å². The first-order chi connectivity index (χ1) is 11.1. The summed E-state index contributed by atoms with van der Waals surface area (Å²) in [6.07, 6.45) is 0. The third-order valence-corrected chi connectivity index (χ3v) is 4.34. The number of hydrogen-bond donors (Lipinski definition) is 0. The molecule has 4 rings (SSSR count). The van der Waals surface area contributed by atoms with Gasteiger partial charge in [-0.2, -0.15) is 0 Å². The van der Waals surface area contributed by atoms with Crippen LogP contribution in [-0.2, 0) is 0 Å². The van der Waals surface area contributed by atoms with Gasteiger partial charge in [0.2, 0.25) is 16.7 Å². The quantitative estimate of drug-likeness (QED) is 0.359. The van der Waals surface area contributed by atoms with E-state index in [4.69, 9.17) is 16.6 Å². The molecule has 0 N–H and O–H groups in total. The molecule has 0 amide bonds. The highest BCUT2D eigenvalue weighted by molar-refractivity contribution is 6.35. The van der Waals surface area contributed by atoms with Gasteiger partial charge in [-0.05, 0) is 37.1 Å². The molecule has 3 aromatic carbocycles. The number of aryl methyl sites for hydroxylation is 2. The maximum Gasteiger partial charge on any atom is 0.239 e. The summed E-state index contributed by atoms with van der Waals surface area (Å²) in [6, 6.07) is 20.8. The molecule has 0 fully saturated rings. The first-order valence-corrected chi connectivity index (χ1v) is 7.99. The Morgan fingerprint density at radius 2 is 1.57 bits per heavy atom. The molecule has 3 heteroatoms. The lowest BCUT2D eigenvalue weighted by Gasteiger charge is -2.07. The molecule has 0 saturated heterocycles. The molecule has 0 spiro atoms. The van der Waals surface area contributed by atoms with Gasteiger partial charge in [0.25, 0.3) is 0 Å². The Bertz CT molecular complexity index is 1040. The van der Waals surface area contributed by atoms with Crippen LogP contribution in [0.1, 0.15) is 11.1 Å². The second-order valence-corrected chi connectivity index (χ2v) is 6.30. The Balaban J connectivity index is 2.27. The predicted octanol–water partition coefficient (Wildman–Crippen LogP) is 4.93. The zero-order valence-electron chi connectivity index (χ0n) is 13.0. The molecule has 0 unspecified atom stereocenters. The third kappa shape index (κ3) is 2.36. The van der Waals surface area contributed by atoms with E-state index >= 15 is 0 Å². The van der Waals surface area contributed by atoms with E-state index in [-0.39, 0.29) is 0 Å². The minimum absolute atomic E-state index is 0.687. The summed E-state index contributed by atoms with van der Waals surface area (Å²) < 4.78 is 2.24. The fourth-order valence-electron chi connectivity index (χ4n) is 3.01. The molecule has 2 nitrogen and oxygen atoms in total. The lowest BCUT2D eigenvalue weighted by atomic mass is 10.1. The van der Waals surface area contributed by atoms with Gasteiger partial charge in [-0.3, -0.25) is 0 Å². The van der Waals surface area contributed by atoms with Gasteiger partial charge >= 0.3 is 0 Å². The Morgan fingerprint density at radius 1 is 0.826 bits per heavy atom. The fourth-order valence-corrected chi connectivity index (χ4v) is 3.32. The van der Waals surface area contributed by atoms with Gasteiger partial charge in [-0.25, -0.2) is 4.98 Å². The van der Waals surface area contributed by atoms with Crippen LogP contribution >= 0.6 is 11.6 Å². The molecule has 0 saturated carbocycles. The van der Waals surface area contributed by atoms with Crippen molar-refractivity contribution in [1.82, 2.24) is 4.98 Å². The summed E-state index contributed by atoms with van der Waals surface area (Å²) in [5.74, 6) is 0. The van der Waals surface area contributed by atoms with Crippen molar-refractivity contribution in [2.75, 3.05) is 0 Å². The molecular formula is C20H16ClN2+. The second kappa shape index (κ2) is 5.32. The summed E-state index contributed by atoms with van der Waals surface area (Å²) in [5.41, 5.74) is 7.33. The molecule has 0 aliphatic rings. The zero-order valence-corrected chi connectivity index (χ0v) is 13.8. The van der Waals surface area contributed by atoms with Gasteiger partial charge in [0.15, 0.2) is 5.52 Å². The highest BCUT2D eigenvalue weighted by Crippen LogP contribution is 2.25. The smallest absolute Gasteiger partial charge is 0.233 e. The van der Waals surface area contributed by atoms with Crippen LogP contribution in [0.4, 0.5) is 0 Å². The van der Waals surface area contributed by atoms with E-state index in [1.165, 1.54) is 5.56 Å². The minimum atomic E-state index is 0.687. The van der Waals surface area contributed by atoms with E-state index in [0.29, 0.717) is 5.02 Å². The third-order valence-electron chi connectivity index (χ3n) is 4.05. The first kappa shape index (κ1) is 14.2. The number of fused-ring (bicyclic) bond motifs is 2. The largest absolute Gasteiger partial charge is 0.239 e. The summed E-state index contributed by atoms with van der Waals surface area (Å²) in [5, 5.41) is 0.687. The van der Waals surface area contributed by atoms with Crippen molar-refractivity contribution >= 4 is 33.7 Å². The van der Waals surface area contributed by atoms with Gasteiger partial charge in [0.05, 0.1) is 5.02 Å². The number of benzene rings is 3. The predicted molar refractivity (Wildman–Crippen MR) is 95.3 cm³/mol. The number of para-hydroxylation sites is 1. The lowest BCUT2D eigenvalue weighted by molar-refractivity contribution is -0.538. The number of hydrogen-bond acceptors (Lipinski definition) is 1. The van der Waals surface area contributed by atoms with Crippen molar-refractivity contribution < 1.29 is 4.57 Å². The molecule has 112 valence electrons. The summed E-state index contributed by atoms with van der Waals surface area (Å²) in [6.45, 7) is 4.16. The maximum atomic E-state index is 6.48. The van der Waals surface area contributed by atoms with Crippen LogP contribution in [0.15, 0.2) is 60.7 Å². The maximum absolute atomic E-state index is 6.48. The topological polar surface area (TPSA) is 16.8 Å². The van der Waals surface area contributed by atoms with E-state index in [0.717, 1.165) is 33.3 Å². The van der Waals surface area contributed by atoms with Crippen molar-refractivity contribution in [2.24, 2.45) is 0 Å². The standard InChI is InChI=1S/C20H16ClN2/c1-13-8-9-17-18(11-13)23(15-6-4-3-5-7-15)19-12-14(2)10-16(21)20(19)22-17/h3-12H,1-2H3/q+1. The number of aromatic nitrogens is 2. The van der Waals surface area contributed by atoms with E-state index in [1.807, 2.05) is 24.3 Å². The van der Waals surface area contributed by atoms with Crippen LogP contribution in [-0.4, -0.2) is 4.98 Å². The molecule has 1 heterocycles. The summed E-state index contributed by atoms with van der Waals surface area (Å²) >= 11 is 6.48. The van der Waals surface area contributed by atoms with Crippen LogP contribution in [0, 0.1) is 13.8 Å². The lowest BCUT2D eigenvalue weighted by Crippen LogP contribution is -2.33. The fraction of sp³-hybridized carbons (Fsp3) is 0.100. The average Bonchev–Trinajstić information content (AvgIpc) is 2.54. The SMILES string of the molecule is Cc1ccc2nc3c(Cl)cc(C)cc3[n+](-c3ccccc3)c2c1. The highest BCUT2D eigenvalue weighted by atomic mass is 35.5.